The van der Waals surface area contributed by atoms with Crippen LogP contribution < -0.4 is 10.5 Å². The molecule has 0 bridgehead atoms. The minimum atomic E-state index is -0.303. The van der Waals surface area contributed by atoms with Crippen molar-refractivity contribution < 1.29 is 14.3 Å². The van der Waals surface area contributed by atoms with E-state index in [2.05, 4.69) is 0 Å². The summed E-state index contributed by atoms with van der Waals surface area (Å²) in [4.78, 5) is 13.2. The summed E-state index contributed by atoms with van der Waals surface area (Å²) in [5.74, 6) is 0.773. The second-order valence-electron chi connectivity index (χ2n) is 3.85. The number of hydrogen-bond donors (Lipinski definition) is 1. The average molecular weight is 236 g/mol. The number of amides is 1. The molecule has 0 spiro atoms. The first-order valence-corrected chi connectivity index (χ1v) is 5.53. The number of carbonyl (C=O) groups is 1. The molecule has 0 radical (unpaired) electrons. The molecule has 5 heteroatoms. The van der Waals surface area contributed by atoms with E-state index in [9.17, 15) is 4.79 Å². The van der Waals surface area contributed by atoms with E-state index in [1.165, 1.54) is 0 Å². The van der Waals surface area contributed by atoms with Gasteiger partial charge in [0.1, 0.15) is 12.4 Å². The van der Waals surface area contributed by atoms with Gasteiger partial charge in [0.05, 0.1) is 13.2 Å². The molecule has 0 aliphatic carbocycles. The molecule has 1 aromatic carbocycles. The van der Waals surface area contributed by atoms with Crippen molar-refractivity contribution >= 4 is 6.09 Å². The van der Waals surface area contributed by atoms with Crippen LogP contribution >= 0.6 is 0 Å². The summed E-state index contributed by atoms with van der Waals surface area (Å²) in [5.41, 5.74) is 6.50. The molecule has 1 amide bonds. The lowest BCUT2D eigenvalue weighted by molar-refractivity contribution is 0.158. The molecular formula is C12H16N2O3. The van der Waals surface area contributed by atoms with Gasteiger partial charge in [-0.3, -0.25) is 4.90 Å². The largest absolute Gasteiger partial charge is 0.497 e. The van der Waals surface area contributed by atoms with Crippen molar-refractivity contribution in [1.82, 2.24) is 4.90 Å². The first-order chi connectivity index (χ1) is 8.26. The summed E-state index contributed by atoms with van der Waals surface area (Å²) in [7, 11) is 1.62. The smallest absolute Gasteiger partial charge is 0.410 e. The summed E-state index contributed by atoms with van der Waals surface area (Å²) in [6.45, 7) is 1.29. The summed E-state index contributed by atoms with van der Waals surface area (Å²) < 4.78 is 10.2. The van der Waals surface area contributed by atoms with Crippen molar-refractivity contribution in [3.63, 3.8) is 0 Å². The van der Waals surface area contributed by atoms with Crippen LogP contribution in [0.5, 0.6) is 5.75 Å². The molecule has 1 fully saturated rings. The Hall–Kier alpha value is -1.75. The summed E-state index contributed by atoms with van der Waals surface area (Å²) in [6, 6.07) is 7.57. The number of cyclic esters (lactones) is 1. The Morgan fingerprint density at radius 1 is 1.59 bits per heavy atom. The van der Waals surface area contributed by atoms with E-state index < -0.39 is 0 Å². The Morgan fingerprint density at radius 3 is 3.12 bits per heavy atom. The lowest BCUT2D eigenvalue weighted by atomic mass is 10.1. The van der Waals surface area contributed by atoms with Crippen molar-refractivity contribution in [2.45, 2.75) is 6.04 Å². The van der Waals surface area contributed by atoms with Crippen LogP contribution in [0.1, 0.15) is 11.6 Å². The molecule has 92 valence electrons. The lowest BCUT2D eigenvalue weighted by Crippen LogP contribution is -2.32. The highest BCUT2D eigenvalue weighted by atomic mass is 16.6. The molecule has 0 aromatic heterocycles. The zero-order chi connectivity index (χ0) is 12.3. The first-order valence-electron chi connectivity index (χ1n) is 5.53. The highest BCUT2D eigenvalue weighted by molar-refractivity contribution is 5.70. The van der Waals surface area contributed by atoms with E-state index in [0.717, 1.165) is 11.3 Å². The maximum absolute atomic E-state index is 11.5. The van der Waals surface area contributed by atoms with E-state index in [1.807, 2.05) is 24.3 Å². The molecule has 2 rings (SSSR count). The predicted molar refractivity (Wildman–Crippen MR) is 62.8 cm³/mol. The van der Waals surface area contributed by atoms with Crippen LogP contribution in [0.25, 0.3) is 0 Å². The van der Waals surface area contributed by atoms with Gasteiger partial charge in [-0.05, 0) is 17.7 Å². The van der Waals surface area contributed by atoms with E-state index in [0.29, 0.717) is 19.7 Å². The molecule has 1 atom stereocenters. The molecule has 1 heterocycles. The van der Waals surface area contributed by atoms with Crippen molar-refractivity contribution in [3.8, 4) is 5.75 Å². The Bertz CT molecular complexity index is 408. The number of rotatable bonds is 4. The van der Waals surface area contributed by atoms with Crippen LogP contribution in [0.2, 0.25) is 0 Å². The number of methoxy groups -OCH3 is 1. The molecule has 5 nitrogen and oxygen atoms in total. The summed E-state index contributed by atoms with van der Waals surface area (Å²) >= 11 is 0. The Balaban J connectivity index is 2.22. The predicted octanol–water partition coefficient (Wildman–Crippen LogP) is 1.15. The van der Waals surface area contributed by atoms with Crippen LogP contribution in [0.4, 0.5) is 4.79 Å². The van der Waals surface area contributed by atoms with Gasteiger partial charge in [0, 0.05) is 13.1 Å². The monoisotopic (exact) mass is 236 g/mol. The molecule has 17 heavy (non-hydrogen) atoms. The fourth-order valence-corrected chi connectivity index (χ4v) is 1.96. The second-order valence-corrected chi connectivity index (χ2v) is 3.85. The minimum absolute atomic E-state index is 0.0684. The lowest BCUT2D eigenvalue weighted by Gasteiger charge is -2.21. The van der Waals surface area contributed by atoms with Crippen molar-refractivity contribution in [2.75, 3.05) is 26.8 Å². The number of nitrogens with two attached hydrogens (primary N) is 1. The van der Waals surface area contributed by atoms with Gasteiger partial charge in [-0.15, -0.1) is 0 Å². The van der Waals surface area contributed by atoms with E-state index in [4.69, 9.17) is 15.2 Å². The third-order valence-corrected chi connectivity index (χ3v) is 2.82. The van der Waals surface area contributed by atoms with E-state index >= 15 is 0 Å². The fraction of sp³-hybridized carbons (Fsp3) is 0.417. The SMILES string of the molecule is COc1cccc(C2COC(=O)N2CCN)c1. The number of carbonyl (C=O) groups excluding carboxylic acids is 1. The van der Waals surface area contributed by atoms with E-state index in [1.54, 1.807) is 12.0 Å². The summed E-state index contributed by atoms with van der Waals surface area (Å²) in [6.07, 6.45) is -0.303. The van der Waals surface area contributed by atoms with Gasteiger partial charge in [-0.25, -0.2) is 4.79 Å². The Labute approximate surface area is 100 Å². The maximum Gasteiger partial charge on any atom is 0.410 e. The zero-order valence-corrected chi connectivity index (χ0v) is 9.76. The Morgan fingerprint density at radius 2 is 2.41 bits per heavy atom. The molecule has 1 saturated heterocycles. The number of benzene rings is 1. The van der Waals surface area contributed by atoms with Gasteiger partial charge in [-0.2, -0.15) is 0 Å². The molecule has 1 aliphatic heterocycles. The van der Waals surface area contributed by atoms with Crippen molar-refractivity contribution in [1.29, 1.82) is 0 Å². The standard InChI is InChI=1S/C12H16N2O3/c1-16-10-4-2-3-9(7-10)11-8-17-12(15)14(11)6-5-13/h2-4,7,11H,5-6,8,13H2,1H3. The van der Waals surface area contributed by atoms with Gasteiger partial charge < -0.3 is 15.2 Å². The zero-order valence-electron chi connectivity index (χ0n) is 9.76. The van der Waals surface area contributed by atoms with Crippen LogP contribution in [0.3, 0.4) is 0 Å². The molecule has 2 N–H and O–H groups in total. The van der Waals surface area contributed by atoms with Crippen LogP contribution in [-0.2, 0) is 4.74 Å². The van der Waals surface area contributed by atoms with Gasteiger partial charge in [0.2, 0.25) is 0 Å². The number of nitrogens with zero attached hydrogens (tertiary/aromatic N) is 1. The summed E-state index contributed by atoms with van der Waals surface area (Å²) in [5, 5.41) is 0. The van der Waals surface area contributed by atoms with Gasteiger partial charge >= 0.3 is 6.09 Å². The fourth-order valence-electron chi connectivity index (χ4n) is 1.96. The highest BCUT2D eigenvalue weighted by Gasteiger charge is 2.33. The number of ether oxygens (including phenoxy) is 2. The third-order valence-electron chi connectivity index (χ3n) is 2.82. The molecule has 0 saturated carbocycles. The molecule has 1 aromatic rings. The minimum Gasteiger partial charge on any atom is -0.497 e. The van der Waals surface area contributed by atoms with E-state index in [-0.39, 0.29) is 12.1 Å². The number of hydrogen-bond acceptors (Lipinski definition) is 4. The average Bonchev–Trinajstić information content (AvgIpc) is 2.72. The van der Waals surface area contributed by atoms with Crippen LogP contribution in [0.15, 0.2) is 24.3 Å². The van der Waals surface area contributed by atoms with Crippen molar-refractivity contribution in [3.05, 3.63) is 29.8 Å². The van der Waals surface area contributed by atoms with Crippen molar-refractivity contribution in [2.24, 2.45) is 5.73 Å². The second kappa shape index (κ2) is 5.05. The molecular weight excluding hydrogens is 220 g/mol. The van der Waals surface area contributed by atoms with Gasteiger partial charge in [-0.1, -0.05) is 12.1 Å². The quantitative estimate of drug-likeness (QED) is 0.851. The third kappa shape index (κ3) is 2.34. The van der Waals surface area contributed by atoms with Gasteiger partial charge in [0.25, 0.3) is 0 Å². The maximum atomic E-state index is 11.5. The molecule has 1 aliphatic rings. The Kier molecular flexibility index (Phi) is 3.49. The van der Waals surface area contributed by atoms with Crippen LogP contribution in [-0.4, -0.2) is 37.8 Å². The first kappa shape index (κ1) is 11.7. The topological polar surface area (TPSA) is 64.8 Å². The van der Waals surface area contributed by atoms with Gasteiger partial charge in [0.15, 0.2) is 0 Å². The normalized spacial score (nSPS) is 19.3. The highest BCUT2D eigenvalue weighted by Crippen LogP contribution is 2.29. The molecule has 1 unspecified atom stereocenters. The van der Waals surface area contributed by atoms with Crippen LogP contribution in [0, 0.1) is 0 Å².